The number of piperidine rings is 1. The quantitative estimate of drug-likeness (QED) is 0.847. The summed E-state index contributed by atoms with van der Waals surface area (Å²) < 4.78 is 0. The van der Waals surface area contributed by atoms with Crippen LogP contribution in [-0.2, 0) is 0 Å². The molecular weight excluding hydrogens is 246 g/mol. The van der Waals surface area contributed by atoms with E-state index in [-0.39, 0.29) is 11.2 Å². The third-order valence-electron chi connectivity index (χ3n) is 4.01. The zero-order valence-electron chi connectivity index (χ0n) is 11.0. The van der Waals surface area contributed by atoms with Gasteiger partial charge in [0.1, 0.15) is 0 Å². The Bertz CT molecular complexity index is 419. The van der Waals surface area contributed by atoms with Crippen molar-refractivity contribution in [2.75, 3.05) is 13.1 Å². The van der Waals surface area contributed by atoms with Crippen molar-refractivity contribution in [1.82, 2.24) is 5.32 Å². The highest BCUT2D eigenvalue weighted by Gasteiger charge is 2.37. The maximum Gasteiger partial charge on any atom is 0.168 e. The van der Waals surface area contributed by atoms with Crippen LogP contribution in [-0.4, -0.2) is 18.9 Å². The van der Waals surface area contributed by atoms with E-state index in [0.29, 0.717) is 10.9 Å². The molecule has 0 aromatic heterocycles. The van der Waals surface area contributed by atoms with Crippen LogP contribution >= 0.6 is 11.6 Å². The molecule has 0 spiro atoms. The molecule has 2 rings (SSSR count). The fourth-order valence-electron chi connectivity index (χ4n) is 2.63. The molecule has 1 aromatic rings. The standard InChI is InChI=1S/C15H20ClNO/c1-15(2,12-4-3-9-17-10-12)14(18)11-5-7-13(16)8-6-11/h5-8,12,17H,3-4,9-10H2,1-2H3. The lowest BCUT2D eigenvalue weighted by molar-refractivity contribution is 0.0708. The molecule has 0 saturated carbocycles. The van der Waals surface area contributed by atoms with E-state index in [1.807, 2.05) is 12.1 Å². The van der Waals surface area contributed by atoms with Gasteiger partial charge in [0.2, 0.25) is 0 Å². The lowest BCUT2D eigenvalue weighted by Crippen LogP contribution is -2.42. The fraction of sp³-hybridized carbons (Fsp3) is 0.533. The van der Waals surface area contributed by atoms with Crippen molar-refractivity contribution in [3.05, 3.63) is 34.9 Å². The van der Waals surface area contributed by atoms with E-state index in [1.165, 1.54) is 0 Å². The van der Waals surface area contributed by atoms with Gasteiger partial charge in [-0.15, -0.1) is 0 Å². The molecule has 0 radical (unpaired) electrons. The highest BCUT2D eigenvalue weighted by atomic mass is 35.5. The molecule has 1 unspecified atom stereocenters. The highest BCUT2D eigenvalue weighted by Crippen LogP contribution is 2.35. The van der Waals surface area contributed by atoms with Crippen molar-refractivity contribution in [2.45, 2.75) is 26.7 Å². The van der Waals surface area contributed by atoms with E-state index >= 15 is 0 Å². The average Bonchev–Trinajstić information content (AvgIpc) is 2.40. The summed E-state index contributed by atoms with van der Waals surface area (Å²) in [4.78, 5) is 12.6. The van der Waals surface area contributed by atoms with E-state index < -0.39 is 0 Å². The van der Waals surface area contributed by atoms with Crippen molar-refractivity contribution in [3.63, 3.8) is 0 Å². The van der Waals surface area contributed by atoms with Gasteiger partial charge in [0.15, 0.2) is 5.78 Å². The average molecular weight is 266 g/mol. The summed E-state index contributed by atoms with van der Waals surface area (Å²) in [6.07, 6.45) is 2.28. The molecule has 1 aliphatic rings. The molecule has 1 heterocycles. The van der Waals surface area contributed by atoms with Crippen LogP contribution in [0.15, 0.2) is 24.3 Å². The first-order valence-electron chi connectivity index (χ1n) is 6.53. The number of carbonyl (C=O) groups is 1. The van der Waals surface area contributed by atoms with Gasteiger partial charge in [-0.2, -0.15) is 0 Å². The number of rotatable bonds is 3. The summed E-state index contributed by atoms with van der Waals surface area (Å²) in [5, 5.41) is 4.05. The van der Waals surface area contributed by atoms with Crippen molar-refractivity contribution in [3.8, 4) is 0 Å². The van der Waals surface area contributed by atoms with Crippen LogP contribution in [0, 0.1) is 11.3 Å². The molecule has 0 aliphatic carbocycles. The first-order chi connectivity index (χ1) is 8.51. The summed E-state index contributed by atoms with van der Waals surface area (Å²) in [6, 6.07) is 7.21. The second-order valence-corrected chi connectivity index (χ2v) is 6.04. The Hall–Kier alpha value is -0.860. The number of carbonyl (C=O) groups excluding carboxylic acids is 1. The molecule has 0 bridgehead atoms. The Balaban J connectivity index is 2.17. The summed E-state index contributed by atoms with van der Waals surface area (Å²) in [6.45, 7) is 6.12. The first-order valence-corrected chi connectivity index (χ1v) is 6.90. The Kier molecular flexibility index (Phi) is 4.08. The SMILES string of the molecule is CC(C)(C(=O)c1ccc(Cl)cc1)C1CCCNC1. The van der Waals surface area contributed by atoms with Crippen LogP contribution < -0.4 is 5.32 Å². The number of nitrogens with one attached hydrogen (secondary N) is 1. The lowest BCUT2D eigenvalue weighted by atomic mass is 9.70. The molecule has 1 aromatic carbocycles. The van der Waals surface area contributed by atoms with Crippen LogP contribution in [0.1, 0.15) is 37.0 Å². The maximum atomic E-state index is 12.6. The fourth-order valence-corrected chi connectivity index (χ4v) is 2.75. The molecular formula is C15H20ClNO. The van der Waals surface area contributed by atoms with E-state index in [4.69, 9.17) is 11.6 Å². The largest absolute Gasteiger partial charge is 0.316 e. The third-order valence-corrected chi connectivity index (χ3v) is 4.26. The van der Waals surface area contributed by atoms with Crippen LogP contribution in [0.5, 0.6) is 0 Å². The molecule has 1 fully saturated rings. The summed E-state index contributed by atoms with van der Waals surface area (Å²) in [7, 11) is 0. The molecule has 2 nitrogen and oxygen atoms in total. The Morgan fingerprint density at radius 2 is 2.00 bits per heavy atom. The maximum absolute atomic E-state index is 12.6. The van der Waals surface area contributed by atoms with Gasteiger partial charge >= 0.3 is 0 Å². The van der Waals surface area contributed by atoms with E-state index in [0.717, 1.165) is 31.5 Å². The smallest absolute Gasteiger partial charge is 0.168 e. The van der Waals surface area contributed by atoms with Gasteiger partial charge in [-0.25, -0.2) is 0 Å². The topological polar surface area (TPSA) is 29.1 Å². The van der Waals surface area contributed by atoms with Crippen molar-refractivity contribution in [1.29, 1.82) is 0 Å². The molecule has 98 valence electrons. The van der Waals surface area contributed by atoms with Gasteiger partial charge in [-0.05, 0) is 56.1 Å². The second kappa shape index (κ2) is 5.41. The molecule has 1 atom stereocenters. The molecule has 1 N–H and O–H groups in total. The molecule has 1 aliphatic heterocycles. The van der Waals surface area contributed by atoms with Crippen LogP contribution in [0.3, 0.4) is 0 Å². The molecule has 1 saturated heterocycles. The predicted octanol–water partition coefficient (Wildman–Crippen LogP) is 3.55. The number of hydrogen-bond acceptors (Lipinski definition) is 2. The molecule has 0 amide bonds. The molecule has 3 heteroatoms. The summed E-state index contributed by atoms with van der Waals surface area (Å²) in [5.41, 5.74) is 0.441. The van der Waals surface area contributed by atoms with E-state index in [1.54, 1.807) is 12.1 Å². The number of ketones is 1. The normalized spacial score (nSPS) is 20.7. The Morgan fingerprint density at radius 1 is 1.33 bits per heavy atom. The number of benzene rings is 1. The van der Waals surface area contributed by atoms with Gasteiger partial charge in [-0.3, -0.25) is 4.79 Å². The van der Waals surface area contributed by atoms with Gasteiger partial charge in [0, 0.05) is 16.0 Å². The Morgan fingerprint density at radius 3 is 2.56 bits per heavy atom. The Labute approximate surface area is 114 Å². The summed E-state index contributed by atoms with van der Waals surface area (Å²) in [5.74, 6) is 0.627. The number of hydrogen-bond donors (Lipinski definition) is 1. The van der Waals surface area contributed by atoms with Crippen LogP contribution in [0.2, 0.25) is 5.02 Å². The van der Waals surface area contributed by atoms with E-state index in [2.05, 4.69) is 19.2 Å². The van der Waals surface area contributed by atoms with Crippen molar-refractivity contribution < 1.29 is 4.79 Å². The van der Waals surface area contributed by atoms with Gasteiger partial charge < -0.3 is 5.32 Å². The minimum atomic E-state index is -0.318. The zero-order valence-corrected chi connectivity index (χ0v) is 11.8. The minimum Gasteiger partial charge on any atom is -0.316 e. The third kappa shape index (κ3) is 2.76. The summed E-state index contributed by atoms with van der Waals surface area (Å²) >= 11 is 5.86. The minimum absolute atomic E-state index is 0.216. The predicted molar refractivity (Wildman–Crippen MR) is 75.2 cm³/mol. The van der Waals surface area contributed by atoms with Gasteiger partial charge in [0.05, 0.1) is 0 Å². The van der Waals surface area contributed by atoms with E-state index in [9.17, 15) is 4.79 Å². The van der Waals surface area contributed by atoms with Crippen LogP contribution in [0.4, 0.5) is 0 Å². The monoisotopic (exact) mass is 265 g/mol. The number of Topliss-reactive ketones (excluding diaryl/α,β-unsaturated/α-hetero) is 1. The van der Waals surface area contributed by atoms with Crippen LogP contribution in [0.25, 0.3) is 0 Å². The van der Waals surface area contributed by atoms with Gasteiger partial charge in [-0.1, -0.05) is 25.4 Å². The zero-order chi connectivity index (χ0) is 13.2. The highest BCUT2D eigenvalue weighted by molar-refractivity contribution is 6.30. The molecule has 18 heavy (non-hydrogen) atoms. The first kappa shape index (κ1) is 13.6. The second-order valence-electron chi connectivity index (χ2n) is 5.60. The van der Waals surface area contributed by atoms with Crippen molar-refractivity contribution in [2.24, 2.45) is 11.3 Å². The number of halogens is 1. The van der Waals surface area contributed by atoms with Crippen molar-refractivity contribution >= 4 is 17.4 Å². The van der Waals surface area contributed by atoms with Gasteiger partial charge in [0.25, 0.3) is 0 Å². The lowest BCUT2D eigenvalue weighted by Gasteiger charge is -2.36.